The summed E-state index contributed by atoms with van der Waals surface area (Å²) in [5.74, 6) is 0.682. The molecule has 0 saturated carbocycles. The Labute approximate surface area is 152 Å². The van der Waals surface area contributed by atoms with E-state index in [2.05, 4.69) is 31.0 Å². The maximum atomic E-state index is 12.6. The fourth-order valence-corrected chi connectivity index (χ4v) is 4.15. The van der Waals surface area contributed by atoms with Gasteiger partial charge in [-0.2, -0.15) is 0 Å². The van der Waals surface area contributed by atoms with Crippen LogP contribution >= 0.6 is 11.8 Å². The van der Waals surface area contributed by atoms with E-state index in [-0.39, 0.29) is 5.91 Å². The van der Waals surface area contributed by atoms with Gasteiger partial charge in [0.1, 0.15) is 0 Å². The smallest absolute Gasteiger partial charge is 0.338 e. The van der Waals surface area contributed by atoms with Crippen LogP contribution in [0.5, 0.6) is 0 Å². The molecule has 25 heavy (non-hydrogen) atoms. The van der Waals surface area contributed by atoms with Crippen molar-refractivity contribution in [1.29, 1.82) is 0 Å². The molecule has 0 N–H and O–H groups in total. The predicted octanol–water partition coefficient (Wildman–Crippen LogP) is 3.63. The largest absolute Gasteiger partial charge is 0.466 e. The predicted molar refractivity (Wildman–Crippen MR) is 99.3 cm³/mol. The van der Waals surface area contributed by atoms with Crippen LogP contribution in [0, 0.1) is 0 Å². The number of carbonyl (C=O) groups excluding carboxylic acids is 2. The Morgan fingerprint density at radius 1 is 1.32 bits per heavy atom. The summed E-state index contributed by atoms with van der Waals surface area (Å²) in [6, 6.07) is 7.60. The molecule has 1 aromatic carbocycles. The molecule has 3 rings (SSSR count). The number of thioether (sulfide) groups is 1. The van der Waals surface area contributed by atoms with Crippen LogP contribution in [0.3, 0.4) is 0 Å². The molecule has 6 heteroatoms. The summed E-state index contributed by atoms with van der Waals surface area (Å²) >= 11 is 1.55. The number of carbonyl (C=O) groups is 2. The third-order valence-electron chi connectivity index (χ3n) is 4.53. The fourth-order valence-electron chi connectivity index (χ4n) is 3.15. The van der Waals surface area contributed by atoms with E-state index in [0.717, 1.165) is 5.56 Å². The second-order valence-corrected chi connectivity index (χ2v) is 7.53. The molecule has 0 spiro atoms. The number of fused-ring (bicyclic) bond motifs is 1. The minimum absolute atomic E-state index is 0.00987. The molecule has 1 amide bonds. The third-order valence-corrected chi connectivity index (χ3v) is 5.49. The van der Waals surface area contributed by atoms with Crippen LogP contribution in [-0.4, -0.2) is 34.8 Å². The molecule has 1 atom stereocenters. The molecule has 5 nitrogen and oxygen atoms in total. The fraction of sp³-hybridized carbons (Fsp3) is 0.421. The molecule has 0 radical (unpaired) electrons. The SMILES string of the molecule is COC(=O)C1=C(C)N=C2SCCC(=O)N2C1c1ccc(C(C)C)cc1. The molecule has 2 aliphatic rings. The first-order valence-electron chi connectivity index (χ1n) is 8.36. The van der Waals surface area contributed by atoms with Gasteiger partial charge in [0.2, 0.25) is 5.91 Å². The van der Waals surface area contributed by atoms with Crippen molar-refractivity contribution in [2.45, 2.75) is 39.2 Å². The van der Waals surface area contributed by atoms with Crippen molar-refractivity contribution >= 4 is 28.8 Å². The number of nitrogens with zero attached hydrogens (tertiary/aromatic N) is 2. The van der Waals surface area contributed by atoms with Crippen LogP contribution in [0.2, 0.25) is 0 Å². The lowest BCUT2D eigenvalue weighted by Crippen LogP contribution is -2.45. The van der Waals surface area contributed by atoms with Crippen LogP contribution in [0.15, 0.2) is 40.5 Å². The van der Waals surface area contributed by atoms with Gasteiger partial charge in [-0.15, -0.1) is 0 Å². The van der Waals surface area contributed by atoms with Gasteiger partial charge in [-0.1, -0.05) is 49.9 Å². The first kappa shape index (κ1) is 17.7. The number of benzene rings is 1. The van der Waals surface area contributed by atoms with E-state index in [9.17, 15) is 9.59 Å². The second kappa shape index (κ2) is 7.04. The molecule has 1 fully saturated rings. The summed E-state index contributed by atoms with van der Waals surface area (Å²) in [5.41, 5.74) is 3.15. The van der Waals surface area contributed by atoms with Crippen molar-refractivity contribution in [3.63, 3.8) is 0 Å². The summed E-state index contributed by atoms with van der Waals surface area (Å²) in [5, 5.41) is 0.666. The average Bonchev–Trinajstić information content (AvgIpc) is 2.60. The molecule has 1 aromatic rings. The molecule has 1 saturated heterocycles. The average molecular weight is 358 g/mol. The standard InChI is InChI=1S/C19H22N2O3S/c1-11(2)13-5-7-14(8-6-13)17-16(18(23)24-4)12(3)20-19-21(17)15(22)9-10-25-19/h5-8,11,17H,9-10H2,1-4H3. The van der Waals surface area contributed by atoms with Crippen LogP contribution in [0.4, 0.5) is 0 Å². The Kier molecular flexibility index (Phi) is 4.99. The highest BCUT2D eigenvalue weighted by Gasteiger charge is 2.41. The Hall–Kier alpha value is -2.08. The van der Waals surface area contributed by atoms with Crippen LogP contribution in [0.25, 0.3) is 0 Å². The number of methoxy groups -OCH3 is 1. The second-order valence-electron chi connectivity index (χ2n) is 6.47. The summed E-state index contributed by atoms with van der Waals surface area (Å²) in [4.78, 5) is 31.2. The van der Waals surface area contributed by atoms with Crippen molar-refractivity contribution in [1.82, 2.24) is 4.90 Å². The summed E-state index contributed by atoms with van der Waals surface area (Å²) < 4.78 is 4.98. The van der Waals surface area contributed by atoms with E-state index in [1.165, 1.54) is 12.7 Å². The first-order valence-corrected chi connectivity index (χ1v) is 9.35. The maximum Gasteiger partial charge on any atom is 0.338 e. The van der Waals surface area contributed by atoms with E-state index in [1.807, 2.05) is 12.1 Å². The highest BCUT2D eigenvalue weighted by Crippen LogP contribution is 2.40. The molecule has 0 aromatic heterocycles. The molecular formula is C19H22N2O3S. The van der Waals surface area contributed by atoms with Gasteiger partial charge < -0.3 is 4.74 Å². The number of aliphatic imine (C=N–C) groups is 1. The minimum Gasteiger partial charge on any atom is -0.466 e. The number of ether oxygens (including phenoxy) is 1. The minimum atomic E-state index is -0.485. The number of hydrogen-bond acceptors (Lipinski definition) is 5. The molecule has 1 unspecified atom stereocenters. The lowest BCUT2D eigenvalue weighted by molar-refractivity contribution is -0.137. The van der Waals surface area contributed by atoms with Crippen LogP contribution in [-0.2, 0) is 14.3 Å². The van der Waals surface area contributed by atoms with Gasteiger partial charge in [-0.3, -0.25) is 9.69 Å². The summed E-state index contributed by atoms with van der Waals surface area (Å²) in [7, 11) is 1.35. The van der Waals surface area contributed by atoms with Gasteiger partial charge in [0.25, 0.3) is 0 Å². The highest BCUT2D eigenvalue weighted by atomic mass is 32.2. The zero-order valence-corrected chi connectivity index (χ0v) is 15.7. The van der Waals surface area contributed by atoms with Crippen molar-refractivity contribution in [2.75, 3.05) is 12.9 Å². The van der Waals surface area contributed by atoms with Gasteiger partial charge in [0.05, 0.1) is 24.4 Å². The van der Waals surface area contributed by atoms with E-state index in [1.54, 1.807) is 23.6 Å². The Bertz CT molecular complexity index is 765. The molecule has 0 aliphatic carbocycles. The van der Waals surface area contributed by atoms with E-state index in [4.69, 9.17) is 4.74 Å². The maximum absolute atomic E-state index is 12.6. The quantitative estimate of drug-likeness (QED) is 0.774. The Morgan fingerprint density at radius 3 is 2.60 bits per heavy atom. The summed E-state index contributed by atoms with van der Waals surface area (Å²) in [6.07, 6.45) is 0.442. The van der Waals surface area contributed by atoms with Gasteiger partial charge in [-0.25, -0.2) is 9.79 Å². The van der Waals surface area contributed by atoms with E-state index < -0.39 is 12.0 Å². The number of hydrogen-bond donors (Lipinski definition) is 0. The van der Waals surface area contributed by atoms with Crippen molar-refractivity contribution in [3.8, 4) is 0 Å². The first-order chi connectivity index (χ1) is 11.9. The number of amidine groups is 1. The molecule has 0 bridgehead atoms. The number of rotatable bonds is 3. The topological polar surface area (TPSA) is 59.0 Å². The normalized spacial score (nSPS) is 20.5. The lowest BCUT2D eigenvalue weighted by atomic mass is 9.92. The van der Waals surface area contributed by atoms with E-state index in [0.29, 0.717) is 34.5 Å². The van der Waals surface area contributed by atoms with Crippen LogP contribution in [0.1, 0.15) is 50.3 Å². The molecule has 2 aliphatic heterocycles. The molecule has 132 valence electrons. The van der Waals surface area contributed by atoms with Gasteiger partial charge in [0.15, 0.2) is 5.17 Å². The number of esters is 1. The molecule has 2 heterocycles. The van der Waals surface area contributed by atoms with Gasteiger partial charge in [0, 0.05) is 12.2 Å². The Balaban J connectivity index is 2.12. The van der Waals surface area contributed by atoms with Gasteiger partial charge in [-0.05, 0) is 24.0 Å². The number of allylic oxidation sites excluding steroid dienone is 1. The third kappa shape index (κ3) is 3.23. The van der Waals surface area contributed by atoms with Crippen molar-refractivity contribution in [3.05, 3.63) is 46.7 Å². The molecular weight excluding hydrogens is 336 g/mol. The monoisotopic (exact) mass is 358 g/mol. The lowest BCUT2D eigenvalue weighted by Gasteiger charge is -2.38. The van der Waals surface area contributed by atoms with Gasteiger partial charge >= 0.3 is 5.97 Å². The van der Waals surface area contributed by atoms with Crippen molar-refractivity contribution in [2.24, 2.45) is 4.99 Å². The summed E-state index contributed by atoms with van der Waals surface area (Å²) in [6.45, 7) is 6.07. The Morgan fingerprint density at radius 2 is 2.00 bits per heavy atom. The van der Waals surface area contributed by atoms with Crippen LogP contribution < -0.4 is 0 Å². The zero-order valence-electron chi connectivity index (χ0n) is 14.9. The zero-order chi connectivity index (χ0) is 18.1. The highest BCUT2D eigenvalue weighted by molar-refractivity contribution is 8.14. The van der Waals surface area contributed by atoms with Crippen molar-refractivity contribution < 1.29 is 14.3 Å². The van der Waals surface area contributed by atoms with E-state index >= 15 is 0 Å². The number of amides is 1.